The molecule has 0 radical (unpaired) electrons. The molecule has 0 bridgehead atoms. The number of aromatic hydroxyl groups is 2. The number of hydrogen-bond donors (Lipinski definition) is 4. The van der Waals surface area contributed by atoms with Crippen LogP contribution in [0.25, 0.3) is 0 Å². The van der Waals surface area contributed by atoms with Gasteiger partial charge in [0.15, 0.2) is 11.5 Å². The van der Waals surface area contributed by atoms with Crippen LogP contribution in [0.1, 0.15) is 18.6 Å². The molecule has 1 aromatic rings. The molecule has 4 nitrogen and oxygen atoms in total. The first kappa shape index (κ1) is 11.1. The number of phenolic OH excluding ortho intramolecular Hbond substituents is 2. The zero-order valence-corrected chi connectivity index (χ0v) is 8.36. The minimum atomic E-state index is -0.834. The molecule has 0 aliphatic carbocycles. The van der Waals surface area contributed by atoms with Crippen molar-refractivity contribution in [3.63, 3.8) is 0 Å². The molecule has 0 saturated carbocycles. The number of nitrogens with one attached hydrogen (secondary N) is 1. The van der Waals surface area contributed by atoms with Gasteiger partial charge in [-0.3, -0.25) is 0 Å². The second kappa shape index (κ2) is 4.50. The quantitative estimate of drug-likeness (QED) is 0.455. The molecule has 14 heavy (non-hydrogen) atoms. The van der Waals surface area contributed by atoms with Gasteiger partial charge in [0.25, 0.3) is 0 Å². The van der Waals surface area contributed by atoms with Gasteiger partial charge in [0, 0.05) is 6.04 Å². The van der Waals surface area contributed by atoms with Crippen LogP contribution in [0.15, 0.2) is 18.2 Å². The summed E-state index contributed by atoms with van der Waals surface area (Å²) in [5, 5.41) is 27.9. The van der Waals surface area contributed by atoms with E-state index in [1.54, 1.807) is 6.92 Å². The molecular formula is C9H12ClNO3. The van der Waals surface area contributed by atoms with Gasteiger partial charge in [-0.1, -0.05) is 6.07 Å². The van der Waals surface area contributed by atoms with Crippen molar-refractivity contribution < 1.29 is 15.3 Å². The summed E-state index contributed by atoms with van der Waals surface area (Å²) in [4.78, 5) is 2.38. The molecule has 0 amide bonds. The highest BCUT2D eigenvalue weighted by molar-refractivity contribution is 6.13. The molecule has 0 fully saturated rings. The smallest absolute Gasteiger partial charge is 0.157 e. The van der Waals surface area contributed by atoms with Crippen LogP contribution >= 0.6 is 11.8 Å². The maximum Gasteiger partial charge on any atom is 0.157 e. The lowest BCUT2D eigenvalue weighted by molar-refractivity contribution is 0.146. The first-order chi connectivity index (χ1) is 6.56. The number of rotatable bonds is 3. The Kier molecular flexibility index (Phi) is 3.57. The van der Waals surface area contributed by atoms with Crippen LogP contribution in [0.3, 0.4) is 0 Å². The summed E-state index contributed by atoms with van der Waals surface area (Å²) in [6.45, 7) is 1.70. The van der Waals surface area contributed by atoms with Gasteiger partial charge in [-0.05, 0) is 36.4 Å². The Balaban J connectivity index is 2.91. The van der Waals surface area contributed by atoms with Gasteiger partial charge in [0.1, 0.15) is 0 Å². The van der Waals surface area contributed by atoms with Crippen LogP contribution in [0.5, 0.6) is 11.5 Å². The molecule has 5 heteroatoms. The first-order valence-corrected chi connectivity index (χ1v) is 4.50. The Morgan fingerprint density at radius 3 is 2.43 bits per heavy atom. The summed E-state index contributed by atoms with van der Waals surface area (Å²) in [7, 11) is 0. The van der Waals surface area contributed by atoms with E-state index in [9.17, 15) is 10.2 Å². The zero-order chi connectivity index (χ0) is 10.7. The minimum Gasteiger partial charge on any atom is -0.504 e. The van der Waals surface area contributed by atoms with E-state index in [1.807, 2.05) is 0 Å². The topological polar surface area (TPSA) is 72.7 Å². The highest BCUT2D eigenvalue weighted by Gasteiger charge is 2.16. The number of aliphatic hydroxyl groups is 1. The Labute approximate surface area is 86.9 Å². The SMILES string of the molecule is CC(NCl)C(O)c1ccc(O)c(O)c1. The Bertz CT molecular complexity index is 319. The van der Waals surface area contributed by atoms with Gasteiger partial charge in [-0.15, -0.1) is 0 Å². The molecule has 4 N–H and O–H groups in total. The second-order valence-electron chi connectivity index (χ2n) is 3.09. The summed E-state index contributed by atoms with van der Waals surface area (Å²) < 4.78 is 0. The summed E-state index contributed by atoms with van der Waals surface area (Å²) in [5.74, 6) is -0.476. The molecule has 0 aromatic heterocycles. The maximum atomic E-state index is 9.66. The average Bonchev–Trinajstić information content (AvgIpc) is 2.20. The third kappa shape index (κ3) is 2.29. The first-order valence-electron chi connectivity index (χ1n) is 4.12. The summed E-state index contributed by atoms with van der Waals surface area (Å²) in [6.07, 6.45) is -0.834. The fraction of sp³-hybridized carbons (Fsp3) is 0.333. The van der Waals surface area contributed by atoms with Crippen LogP contribution in [0.4, 0.5) is 0 Å². The van der Waals surface area contributed by atoms with E-state index in [0.717, 1.165) is 0 Å². The van der Waals surface area contributed by atoms with Gasteiger partial charge in [-0.25, -0.2) is 4.84 Å². The predicted octanol–water partition coefficient (Wildman–Crippen LogP) is 1.26. The van der Waals surface area contributed by atoms with Crippen molar-refractivity contribution in [3.05, 3.63) is 23.8 Å². The lowest BCUT2D eigenvalue weighted by Gasteiger charge is -2.17. The highest BCUT2D eigenvalue weighted by atomic mass is 35.5. The van der Waals surface area contributed by atoms with Crippen molar-refractivity contribution in [2.45, 2.75) is 19.1 Å². The van der Waals surface area contributed by atoms with Gasteiger partial charge >= 0.3 is 0 Å². The molecule has 0 heterocycles. The van der Waals surface area contributed by atoms with E-state index in [4.69, 9.17) is 16.9 Å². The fourth-order valence-corrected chi connectivity index (χ4v) is 1.19. The standard InChI is InChI=1S/C9H12ClNO3/c1-5(11-10)9(14)6-2-3-7(12)8(13)4-6/h2-5,9,11-14H,1H3. The predicted molar refractivity (Wildman–Crippen MR) is 53.2 cm³/mol. The molecule has 1 rings (SSSR count). The van der Waals surface area contributed by atoms with Crippen LogP contribution in [0, 0.1) is 0 Å². The van der Waals surface area contributed by atoms with Gasteiger partial charge < -0.3 is 15.3 Å². The molecule has 0 spiro atoms. The lowest BCUT2D eigenvalue weighted by atomic mass is 10.0. The zero-order valence-electron chi connectivity index (χ0n) is 7.61. The van der Waals surface area contributed by atoms with Crippen LogP contribution in [0.2, 0.25) is 0 Å². The molecule has 78 valence electrons. The van der Waals surface area contributed by atoms with Gasteiger partial charge in [0.05, 0.1) is 6.10 Å². The Morgan fingerprint density at radius 1 is 1.29 bits per heavy atom. The second-order valence-corrected chi connectivity index (χ2v) is 3.31. The third-order valence-electron chi connectivity index (χ3n) is 1.99. The van der Waals surface area contributed by atoms with Crippen LogP contribution in [-0.2, 0) is 0 Å². The van der Waals surface area contributed by atoms with Crippen molar-refractivity contribution >= 4 is 11.8 Å². The Morgan fingerprint density at radius 2 is 1.93 bits per heavy atom. The number of phenols is 2. The van der Waals surface area contributed by atoms with Gasteiger partial charge in [0.2, 0.25) is 0 Å². The highest BCUT2D eigenvalue weighted by Crippen LogP contribution is 2.28. The largest absolute Gasteiger partial charge is 0.504 e. The monoisotopic (exact) mass is 217 g/mol. The van der Waals surface area contributed by atoms with Crippen molar-refractivity contribution in [3.8, 4) is 11.5 Å². The van der Waals surface area contributed by atoms with Crippen molar-refractivity contribution in [2.24, 2.45) is 0 Å². The molecule has 2 atom stereocenters. The lowest BCUT2D eigenvalue weighted by Crippen LogP contribution is -2.24. The van der Waals surface area contributed by atoms with Crippen LogP contribution < -0.4 is 4.84 Å². The van der Waals surface area contributed by atoms with Crippen molar-refractivity contribution in [1.82, 2.24) is 4.84 Å². The maximum absolute atomic E-state index is 9.66. The van der Waals surface area contributed by atoms with E-state index in [0.29, 0.717) is 5.56 Å². The number of benzene rings is 1. The van der Waals surface area contributed by atoms with E-state index < -0.39 is 6.10 Å². The number of halogens is 1. The molecule has 1 aromatic carbocycles. The van der Waals surface area contributed by atoms with Gasteiger partial charge in [-0.2, -0.15) is 0 Å². The van der Waals surface area contributed by atoms with E-state index in [2.05, 4.69) is 4.84 Å². The van der Waals surface area contributed by atoms with Crippen molar-refractivity contribution in [2.75, 3.05) is 0 Å². The average molecular weight is 218 g/mol. The Hall–Kier alpha value is -0.970. The summed E-state index contributed by atoms with van der Waals surface area (Å²) in [5.41, 5.74) is 0.487. The van der Waals surface area contributed by atoms with E-state index in [-0.39, 0.29) is 17.5 Å². The molecule has 0 aliphatic rings. The number of hydrogen-bond acceptors (Lipinski definition) is 4. The van der Waals surface area contributed by atoms with E-state index in [1.165, 1.54) is 18.2 Å². The molecule has 2 unspecified atom stereocenters. The fourth-order valence-electron chi connectivity index (χ4n) is 1.07. The summed E-state index contributed by atoms with van der Waals surface area (Å²) >= 11 is 5.35. The molecule has 0 aliphatic heterocycles. The normalized spacial score (nSPS) is 15.1. The van der Waals surface area contributed by atoms with Crippen LogP contribution in [-0.4, -0.2) is 21.4 Å². The summed E-state index contributed by atoms with van der Waals surface area (Å²) in [6, 6.07) is 3.78. The molecular weight excluding hydrogens is 206 g/mol. The molecule has 0 saturated heterocycles. The van der Waals surface area contributed by atoms with E-state index >= 15 is 0 Å². The third-order valence-corrected chi connectivity index (χ3v) is 2.33. The minimum absolute atomic E-state index is 0.215. The number of aliphatic hydroxyl groups excluding tert-OH is 1. The van der Waals surface area contributed by atoms with Crippen molar-refractivity contribution in [1.29, 1.82) is 0 Å².